The number of aryl methyl sites for hydroxylation is 1. The summed E-state index contributed by atoms with van der Waals surface area (Å²) in [5.74, 6) is 0.641. The van der Waals surface area contributed by atoms with Crippen LogP contribution in [0.2, 0.25) is 0 Å². The number of nitrogens with zero attached hydrogens (tertiary/aromatic N) is 3. The highest BCUT2D eigenvalue weighted by Crippen LogP contribution is 2.14. The van der Waals surface area contributed by atoms with Crippen molar-refractivity contribution in [1.82, 2.24) is 9.97 Å². The van der Waals surface area contributed by atoms with Crippen LogP contribution >= 0.6 is 11.8 Å². The maximum atomic E-state index is 4.16. The van der Waals surface area contributed by atoms with Crippen molar-refractivity contribution in [3.8, 4) is 0 Å². The molecule has 0 saturated heterocycles. The maximum Gasteiger partial charge on any atom is 0.189 e. The van der Waals surface area contributed by atoms with Crippen LogP contribution in [0.1, 0.15) is 5.69 Å². The lowest BCUT2D eigenvalue weighted by molar-refractivity contribution is 0.934. The Morgan fingerprint density at radius 3 is 2.82 bits per heavy atom. The smallest absolute Gasteiger partial charge is 0.189 e. The molecule has 1 aromatic heterocycles. The van der Waals surface area contributed by atoms with Gasteiger partial charge in [0.15, 0.2) is 11.0 Å². The third-order valence-electron chi connectivity index (χ3n) is 1.16. The predicted molar refractivity (Wildman–Crippen MR) is 47.8 cm³/mol. The summed E-state index contributed by atoms with van der Waals surface area (Å²) < 4.78 is 0. The Morgan fingerprint density at radius 1 is 1.55 bits per heavy atom. The van der Waals surface area contributed by atoms with Crippen molar-refractivity contribution in [2.75, 3.05) is 6.26 Å². The van der Waals surface area contributed by atoms with Crippen LogP contribution < -0.4 is 0 Å². The third-order valence-corrected chi connectivity index (χ3v) is 1.71. The van der Waals surface area contributed by atoms with Gasteiger partial charge in [-0.2, -0.15) is 0 Å². The van der Waals surface area contributed by atoms with Gasteiger partial charge in [0.1, 0.15) is 0 Å². The summed E-state index contributed by atoms with van der Waals surface area (Å²) >= 11 is 1.50. The molecule has 58 valence electrons. The van der Waals surface area contributed by atoms with Gasteiger partial charge in [0, 0.05) is 11.8 Å². The van der Waals surface area contributed by atoms with E-state index in [1.807, 2.05) is 13.2 Å². The zero-order valence-corrected chi connectivity index (χ0v) is 7.35. The van der Waals surface area contributed by atoms with E-state index in [-0.39, 0.29) is 0 Å². The molecule has 0 saturated carbocycles. The number of aromatic nitrogens is 2. The molecule has 0 aliphatic heterocycles. The van der Waals surface area contributed by atoms with E-state index in [1.165, 1.54) is 11.8 Å². The van der Waals surface area contributed by atoms with Crippen LogP contribution in [0.15, 0.2) is 16.2 Å². The lowest BCUT2D eigenvalue weighted by Gasteiger charge is -1.97. The Bertz CT molecular complexity index is 272. The maximum absolute atomic E-state index is 4.16. The minimum atomic E-state index is 0.641. The van der Waals surface area contributed by atoms with Crippen LogP contribution in [0.4, 0.5) is 5.82 Å². The van der Waals surface area contributed by atoms with Gasteiger partial charge in [0.05, 0.1) is 0 Å². The zero-order valence-electron chi connectivity index (χ0n) is 6.53. The normalized spacial score (nSPS) is 9.64. The first kappa shape index (κ1) is 8.20. The summed E-state index contributed by atoms with van der Waals surface area (Å²) in [6, 6.07) is 1.80. The fraction of sp³-hybridized carbons (Fsp3) is 0.286. The molecule has 0 N–H and O–H groups in total. The Hall–Kier alpha value is -0.900. The molecular formula is C7H9N3S. The molecule has 0 spiro atoms. The molecule has 4 heteroatoms. The zero-order chi connectivity index (χ0) is 8.27. The lowest BCUT2D eigenvalue weighted by atomic mass is 10.4. The quantitative estimate of drug-likeness (QED) is 0.383. The summed E-state index contributed by atoms with van der Waals surface area (Å²) in [5.41, 5.74) is 0.923. The Labute approximate surface area is 70.0 Å². The topological polar surface area (TPSA) is 38.1 Å². The molecule has 1 rings (SSSR count). The van der Waals surface area contributed by atoms with Crippen LogP contribution in [0.3, 0.4) is 0 Å². The Balaban J connectivity index is 3.11. The highest BCUT2D eigenvalue weighted by molar-refractivity contribution is 7.98. The number of rotatable bonds is 2. The Morgan fingerprint density at radius 2 is 2.27 bits per heavy atom. The second kappa shape index (κ2) is 3.48. The van der Waals surface area contributed by atoms with Crippen molar-refractivity contribution in [3.05, 3.63) is 11.8 Å². The van der Waals surface area contributed by atoms with E-state index < -0.39 is 0 Å². The van der Waals surface area contributed by atoms with Crippen LogP contribution in [0.5, 0.6) is 0 Å². The highest BCUT2D eigenvalue weighted by atomic mass is 32.2. The molecule has 0 radical (unpaired) electrons. The first-order chi connectivity index (χ1) is 5.26. The summed E-state index contributed by atoms with van der Waals surface area (Å²) in [4.78, 5) is 12.0. The van der Waals surface area contributed by atoms with Gasteiger partial charge >= 0.3 is 0 Å². The van der Waals surface area contributed by atoms with Crippen molar-refractivity contribution < 1.29 is 0 Å². The van der Waals surface area contributed by atoms with Crippen LogP contribution in [0, 0.1) is 6.92 Å². The molecule has 0 aromatic carbocycles. The second-order valence-electron chi connectivity index (χ2n) is 2.01. The van der Waals surface area contributed by atoms with E-state index in [9.17, 15) is 0 Å². The number of hydrogen-bond acceptors (Lipinski definition) is 4. The molecule has 11 heavy (non-hydrogen) atoms. The largest absolute Gasteiger partial charge is 0.245 e. The average molecular weight is 167 g/mol. The second-order valence-corrected chi connectivity index (χ2v) is 2.79. The number of hydrogen-bond donors (Lipinski definition) is 0. The van der Waals surface area contributed by atoms with Crippen molar-refractivity contribution in [1.29, 1.82) is 0 Å². The summed E-state index contributed by atoms with van der Waals surface area (Å²) in [6.45, 7) is 5.31. The van der Waals surface area contributed by atoms with E-state index in [0.29, 0.717) is 5.82 Å². The Kier molecular flexibility index (Phi) is 2.59. The molecular weight excluding hydrogens is 158 g/mol. The molecule has 0 fully saturated rings. The van der Waals surface area contributed by atoms with Crippen LogP contribution in [0.25, 0.3) is 0 Å². The fourth-order valence-electron chi connectivity index (χ4n) is 0.698. The van der Waals surface area contributed by atoms with Crippen molar-refractivity contribution in [2.45, 2.75) is 12.1 Å². The molecule has 0 atom stereocenters. The molecule has 3 nitrogen and oxygen atoms in total. The SMILES string of the molecule is C=Nc1cc(C)nc(SC)n1. The number of thioether (sulfide) groups is 1. The summed E-state index contributed by atoms with van der Waals surface area (Å²) in [7, 11) is 0. The molecule has 1 aromatic rings. The van der Waals surface area contributed by atoms with Gasteiger partial charge in [0.2, 0.25) is 0 Å². The van der Waals surface area contributed by atoms with E-state index in [2.05, 4.69) is 21.7 Å². The van der Waals surface area contributed by atoms with Gasteiger partial charge in [-0.3, -0.25) is 0 Å². The fourth-order valence-corrected chi connectivity index (χ4v) is 1.12. The summed E-state index contributed by atoms with van der Waals surface area (Å²) in [6.07, 6.45) is 1.93. The van der Waals surface area contributed by atoms with E-state index in [4.69, 9.17) is 0 Å². The molecule has 0 bridgehead atoms. The van der Waals surface area contributed by atoms with E-state index >= 15 is 0 Å². The highest BCUT2D eigenvalue weighted by Gasteiger charge is 1.97. The van der Waals surface area contributed by atoms with Crippen molar-refractivity contribution in [3.63, 3.8) is 0 Å². The van der Waals surface area contributed by atoms with Crippen LogP contribution in [-0.4, -0.2) is 22.9 Å². The first-order valence-corrected chi connectivity index (χ1v) is 4.35. The standard InChI is InChI=1S/C7H9N3S/c1-5-4-6(8-2)10-7(9-5)11-3/h4H,2H2,1,3H3. The molecule has 1 heterocycles. The summed E-state index contributed by atoms with van der Waals surface area (Å²) in [5, 5.41) is 0.743. The van der Waals surface area contributed by atoms with Crippen molar-refractivity contribution >= 4 is 24.3 Å². The molecule has 0 amide bonds. The minimum absolute atomic E-state index is 0.641. The lowest BCUT2D eigenvalue weighted by Crippen LogP contribution is -1.88. The van der Waals surface area contributed by atoms with E-state index in [0.717, 1.165) is 10.9 Å². The first-order valence-electron chi connectivity index (χ1n) is 3.12. The van der Waals surface area contributed by atoms with Gasteiger partial charge < -0.3 is 0 Å². The predicted octanol–water partition coefficient (Wildman–Crippen LogP) is 1.84. The number of aliphatic imine (C=N–C) groups is 1. The minimum Gasteiger partial charge on any atom is -0.245 e. The van der Waals surface area contributed by atoms with Crippen molar-refractivity contribution in [2.24, 2.45) is 4.99 Å². The van der Waals surface area contributed by atoms with Gasteiger partial charge in [-0.25, -0.2) is 15.0 Å². The van der Waals surface area contributed by atoms with Gasteiger partial charge in [0.25, 0.3) is 0 Å². The van der Waals surface area contributed by atoms with Gasteiger partial charge in [-0.15, -0.1) is 0 Å². The van der Waals surface area contributed by atoms with Crippen LogP contribution in [-0.2, 0) is 0 Å². The molecule has 0 aliphatic carbocycles. The third kappa shape index (κ3) is 2.01. The average Bonchev–Trinajstić information content (AvgIpc) is 2.03. The monoisotopic (exact) mass is 167 g/mol. The van der Waals surface area contributed by atoms with Gasteiger partial charge in [-0.05, 0) is 19.9 Å². The molecule has 0 unspecified atom stereocenters. The van der Waals surface area contributed by atoms with Gasteiger partial charge in [-0.1, -0.05) is 11.8 Å². The van der Waals surface area contributed by atoms with E-state index in [1.54, 1.807) is 6.07 Å². The molecule has 0 aliphatic rings.